The van der Waals surface area contributed by atoms with Crippen molar-refractivity contribution in [3.05, 3.63) is 83.4 Å². The topological polar surface area (TPSA) is 55.6 Å². The molecule has 1 saturated carbocycles. The lowest BCUT2D eigenvalue weighted by Crippen LogP contribution is -2.29. The van der Waals surface area contributed by atoms with Crippen LogP contribution in [0.4, 0.5) is 5.69 Å². The third-order valence-electron chi connectivity index (χ3n) is 8.21. The number of rotatable bonds is 4. The van der Waals surface area contributed by atoms with Gasteiger partial charge < -0.3 is 14.6 Å². The number of amides is 1. The van der Waals surface area contributed by atoms with Gasteiger partial charge in [-0.15, -0.1) is 0 Å². The van der Waals surface area contributed by atoms with Crippen LogP contribution in [0.15, 0.2) is 71.7 Å². The maximum Gasteiger partial charge on any atom is 0.251 e. The molecule has 1 N–H and O–H groups in total. The zero-order chi connectivity index (χ0) is 24.8. The number of para-hydroxylation sites is 2. The van der Waals surface area contributed by atoms with E-state index in [2.05, 4.69) is 46.3 Å². The Bertz CT molecular complexity index is 1540. The van der Waals surface area contributed by atoms with Gasteiger partial charge in [0, 0.05) is 34.2 Å². The van der Waals surface area contributed by atoms with Crippen molar-refractivity contribution in [2.45, 2.75) is 51.0 Å². The molecule has 3 aromatic carbocycles. The summed E-state index contributed by atoms with van der Waals surface area (Å²) < 4.78 is 8.57. The first kappa shape index (κ1) is 22.3. The monoisotopic (exact) mass is 489 g/mol. The van der Waals surface area contributed by atoms with E-state index in [9.17, 15) is 4.79 Å². The Balaban J connectivity index is 1.25. The van der Waals surface area contributed by atoms with Crippen LogP contribution in [0.3, 0.4) is 0 Å². The molecule has 4 aromatic rings. The Morgan fingerprint density at radius 1 is 1.00 bits per heavy atom. The number of carbonyl (C=O) groups excluding carboxylic acids is 1. The third-order valence-corrected chi connectivity index (χ3v) is 8.21. The second-order valence-corrected chi connectivity index (χ2v) is 10.5. The molecule has 186 valence electrons. The van der Waals surface area contributed by atoms with Crippen LogP contribution >= 0.6 is 0 Å². The predicted octanol–water partition coefficient (Wildman–Crippen LogP) is 6.81. The third kappa shape index (κ3) is 3.93. The number of nitrogens with zero attached hydrogens (tertiary/aromatic N) is 2. The van der Waals surface area contributed by atoms with Crippen molar-refractivity contribution < 1.29 is 9.53 Å². The molecule has 0 bridgehead atoms. The molecular formula is C32H31N3O2. The average Bonchev–Trinajstić information content (AvgIpc) is 3.44. The number of aromatic nitrogens is 1. The van der Waals surface area contributed by atoms with Crippen molar-refractivity contribution in [2.75, 3.05) is 13.2 Å². The number of benzene rings is 3. The molecular weight excluding hydrogens is 458 g/mol. The van der Waals surface area contributed by atoms with Gasteiger partial charge >= 0.3 is 0 Å². The predicted molar refractivity (Wildman–Crippen MR) is 148 cm³/mol. The van der Waals surface area contributed by atoms with Gasteiger partial charge in [-0.25, -0.2) is 0 Å². The van der Waals surface area contributed by atoms with Crippen LogP contribution in [-0.4, -0.2) is 29.3 Å². The van der Waals surface area contributed by atoms with Gasteiger partial charge in [0.1, 0.15) is 12.4 Å². The molecule has 37 heavy (non-hydrogen) atoms. The maximum absolute atomic E-state index is 13.3. The van der Waals surface area contributed by atoms with Crippen LogP contribution in [0.1, 0.15) is 59.5 Å². The van der Waals surface area contributed by atoms with Gasteiger partial charge in [0.05, 0.1) is 24.5 Å². The van der Waals surface area contributed by atoms with E-state index < -0.39 is 0 Å². The van der Waals surface area contributed by atoms with Gasteiger partial charge in [-0.1, -0.05) is 55.7 Å². The molecule has 3 heterocycles. The number of hydrogen-bond acceptors (Lipinski definition) is 3. The van der Waals surface area contributed by atoms with Crippen LogP contribution in [0.5, 0.6) is 5.75 Å². The van der Waals surface area contributed by atoms with Gasteiger partial charge in [-0.2, -0.15) is 0 Å². The molecule has 0 spiro atoms. The summed E-state index contributed by atoms with van der Waals surface area (Å²) in [6, 6.07) is 22.9. The summed E-state index contributed by atoms with van der Waals surface area (Å²) in [5.41, 5.74) is 8.96. The Labute approximate surface area is 217 Å². The van der Waals surface area contributed by atoms with E-state index in [1.807, 2.05) is 30.3 Å². The number of aliphatic imine (C=N–C) groups is 1. The minimum Gasteiger partial charge on any atom is -0.491 e. The molecule has 1 amide bonds. The lowest BCUT2D eigenvalue weighted by molar-refractivity contribution is 0.0959. The SMILES string of the molecule is O=C(NCC1=Nc2ccccc2C1)c1ccc2c(C3CCCCC3)c3n(c2c1)CCOc1ccccc1-3. The Morgan fingerprint density at radius 3 is 2.73 bits per heavy atom. The van der Waals surface area contributed by atoms with E-state index in [4.69, 9.17) is 9.73 Å². The smallest absolute Gasteiger partial charge is 0.251 e. The zero-order valence-corrected chi connectivity index (χ0v) is 21.0. The number of hydrogen-bond donors (Lipinski definition) is 1. The number of carbonyl (C=O) groups is 1. The van der Waals surface area contributed by atoms with E-state index in [0.717, 1.165) is 35.6 Å². The summed E-state index contributed by atoms with van der Waals surface area (Å²) >= 11 is 0. The lowest BCUT2D eigenvalue weighted by Gasteiger charge is -2.23. The Morgan fingerprint density at radius 2 is 1.84 bits per heavy atom. The lowest BCUT2D eigenvalue weighted by atomic mass is 9.81. The number of nitrogens with one attached hydrogen (secondary N) is 1. The van der Waals surface area contributed by atoms with Crippen molar-refractivity contribution in [2.24, 2.45) is 4.99 Å². The van der Waals surface area contributed by atoms with Gasteiger partial charge in [0.2, 0.25) is 0 Å². The van der Waals surface area contributed by atoms with Crippen molar-refractivity contribution >= 4 is 28.2 Å². The first-order valence-electron chi connectivity index (χ1n) is 13.6. The van der Waals surface area contributed by atoms with E-state index in [1.165, 1.54) is 59.9 Å². The normalized spacial score (nSPS) is 16.8. The maximum atomic E-state index is 13.3. The summed E-state index contributed by atoms with van der Waals surface area (Å²) in [6.07, 6.45) is 7.13. The van der Waals surface area contributed by atoms with Crippen molar-refractivity contribution in [1.82, 2.24) is 9.88 Å². The molecule has 3 aliphatic rings. The molecule has 5 heteroatoms. The van der Waals surface area contributed by atoms with Gasteiger partial charge in [0.15, 0.2) is 0 Å². The second kappa shape index (κ2) is 9.22. The zero-order valence-electron chi connectivity index (χ0n) is 21.0. The van der Waals surface area contributed by atoms with Crippen LogP contribution < -0.4 is 10.1 Å². The molecule has 1 aromatic heterocycles. The fraction of sp³-hybridized carbons (Fsp3) is 0.312. The first-order valence-corrected chi connectivity index (χ1v) is 13.6. The Hall–Kier alpha value is -3.86. The highest BCUT2D eigenvalue weighted by atomic mass is 16.5. The summed E-state index contributed by atoms with van der Waals surface area (Å²) in [6.45, 7) is 1.86. The molecule has 1 fully saturated rings. The van der Waals surface area contributed by atoms with Crippen LogP contribution in [0.2, 0.25) is 0 Å². The largest absolute Gasteiger partial charge is 0.491 e. The van der Waals surface area contributed by atoms with Crippen LogP contribution in [-0.2, 0) is 13.0 Å². The first-order chi connectivity index (χ1) is 18.3. The average molecular weight is 490 g/mol. The van der Waals surface area contributed by atoms with E-state index in [1.54, 1.807) is 0 Å². The minimum atomic E-state index is -0.0550. The molecule has 0 saturated heterocycles. The fourth-order valence-corrected chi connectivity index (χ4v) is 6.47. The summed E-state index contributed by atoms with van der Waals surface area (Å²) in [7, 11) is 0. The van der Waals surface area contributed by atoms with Crippen molar-refractivity contribution in [1.29, 1.82) is 0 Å². The van der Waals surface area contributed by atoms with Crippen LogP contribution in [0, 0.1) is 0 Å². The van der Waals surface area contributed by atoms with Crippen LogP contribution in [0.25, 0.3) is 22.2 Å². The minimum absolute atomic E-state index is 0.0550. The number of ether oxygens (including phenoxy) is 1. The summed E-state index contributed by atoms with van der Waals surface area (Å²) in [5.74, 6) is 1.44. The second-order valence-electron chi connectivity index (χ2n) is 10.5. The van der Waals surface area contributed by atoms with E-state index >= 15 is 0 Å². The molecule has 1 aliphatic carbocycles. The molecule has 0 unspecified atom stereocenters. The molecule has 0 atom stereocenters. The highest BCUT2D eigenvalue weighted by Crippen LogP contribution is 2.47. The standard InChI is InChI=1S/C32H31N3O2/c36-32(33-20-24-18-22-10-4-6-12-27(22)34-24)23-14-15-25-28(19-23)35-16-17-37-29-13-7-5-11-26(29)31(35)30(25)21-8-2-1-3-9-21/h4-7,10-15,19,21H,1-3,8-9,16-18,20H2,(H,33,36). The van der Waals surface area contributed by atoms with Crippen molar-refractivity contribution in [3.63, 3.8) is 0 Å². The fourth-order valence-electron chi connectivity index (χ4n) is 6.47. The molecule has 5 nitrogen and oxygen atoms in total. The molecule has 7 rings (SSSR count). The van der Waals surface area contributed by atoms with E-state index in [-0.39, 0.29) is 5.91 Å². The van der Waals surface area contributed by atoms with Crippen molar-refractivity contribution in [3.8, 4) is 17.0 Å². The highest BCUT2D eigenvalue weighted by Gasteiger charge is 2.29. The quantitative estimate of drug-likeness (QED) is 0.342. The molecule has 0 radical (unpaired) electrons. The van der Waals surface area contributed by atoms with Gasteiger partial charge in [-0.3, -0.25) is 9.79 Å². The Kier molecular flexibility index (Phi) is 5.57. The summed E-state index contributed by atoms with van der Waals surface area (Å²) in [4.78, 5) is 18.0. The van der Waals surface area contributed by atoms with Gasteiger partial charge in [0.25, 0.3) is 5.91 Å². The highest BCUT2D eigenvalue weighted by molar-refractivity contribution is 6.03. The molecule has 2 aliphatic heterocycles. The summed E-state index contributed by atoms with van der Waals surface area (Å²) in [5, 5.41) is 4.40. The van der Waals surface area contributed by atoms with E-state index in [0.29, 0.717) is 24.6 Å². The van der Waals surface area contributed by atoms with Gasteiger partial charge in [-0.05, 0) is 60.2 Å². The number of fused-ring (bicyclic) bond motifs is 6.